The van der Waals surface area contributed by atoms with Crippen molar-refractivity contribution in [1.82, 2.24) is 10.2 Å². The Balaban J connectivity index is 1.42. The molecule has 3 amide bonds. The van der Waals surface area contributed by atoms with E-state index in [-0.39, 0.29) is 18.4 Å². The van der Waals surface area contributed by atoms with Gasteiger partial charge >= 0.3 is 0 Å². The van der Waals surface area contributed by atoms with Crippen LogP contribution in [0.3, 0.4) is 0 Å². The fraction of sp³-hybridized carbons (Fsp3) is 0.276. The average molecular weight is 453 g/mol. The van der Waals surface area contributed by atoms with Crippen LogP contribution in [0.4, 0.5) is 0 Å². The van der Waals surface area contributed by atoms with Crippen LogP contribution >= 0.6 is 0 Å². The van der Waals surface area contributed by atoms with Crippen molar-refractivity contribution in [2.75, 3.05) is 0 Å². The Bertz CT molecular complexity index is 1220. The number of carbonyl (C=O) groups is 3. The molecule has 0 spiro atoms. The lowest BCUT2D eigenvalue weighted by Gasteiger charge is -2.27. The third-order valence-corrected chi connectivity index (χ3v) is 6.94. The van der Waals surface area contributed by atoms with E-state index in [0.717, 1.165) is 28.9 Å². The number of hydrogen-bond donors (Lipinski definition) is 1. The van der Waals surface area contributed by atoms with E-state index in [4.69, 9.17) is 0 Å². The number of imide groups is 1. The first-order chi connectivity index (χ1) is 16.5. The van der Waals surface area contributed by atoms with Crippen molar-refractivity contribution in [2.24, 2.45) is 0 Å². The summed E-state index contributed by atoms with van der Waals surface area (Å²) >= 11 is 0. The van der Waals surface area contributed by atoms with Crippen LogP contribution in [0.2, 0.25) is 0 Å². The van der Waals surface area contributed by atoms with E-state index in [1.165, 1.54) is 24.0 Å². The maximum Gasteiger partial charge on any atom is 0.262 e. The molecule has 1 N–H and O–H groups in total. The van der Waals surface area contributed by atoms with Gasteiger partial charge in [-0.15, -0.1) is 0 Å². The number of fused-ring (bicyclic) bond motifs is 2. The third-order valence-electron chi connectivity index (χ3n) is 6.94. The van der Waals surface area contributed by atoms with Gasteiger partial charge in [-0.1, -0.05) is 60.7 Å². The Morgan fingerprint density at radius 3 is 2.15 bits per heavy atom. The minimum absolute atomic E-state index is 0.242. The van der Waals surface area contributed by atoms with Crippen LogP contribution < -0.4 is 5.32 Å². The summed E-state index contributed by atoms with van der Waals surface area (Å²) in [7, 11) is 0. The predicted molar refractivity (Wildman–Crippen MR) is 131 cm³/mol. The van der Waals surface area contributed by atoms with Gasteiger partial charge in [0, 0.05) is 6.42 Å². The molecule has 0 fully saturated rings. The van der Waals surface area contributed by atoms with Gasteiger partial charge in [0.05, 0.1) is 17.2 Å². The minimum atomic E-state index is -0.935. The molecule has 0 bridgehead atoms. The molecule has 2 unspecified atom stereocenters. The van der Waals surface area contributed by atoms with Gasteiger partial charge in [0.25, 0.3) is 11.8 Å². The summed E-state index contributed by atoms with van der Waals surface area (Å²) in [5, 5.41) is 3.08. The Morgan fingerprint density at radius 1 is 0.853 bits per heavy atom. The number of hydrogen-bond acceptors (Lipinski definition) is 3. The van der Waals surface area contributed by atoms with E-state index >= 15 is 0 Å². The molecule has 3 aromatic rings. The number of aryl methyl sites for hydroxylation is 2. The van der Waals surface area contributed by atoms with Crippen LogP contribution in [0.5, 0.6) is 0 Å². The van der Waals surface area contributed by atoms with Crippen molar-refractivity contribution in [2.45, 2.75) is 51.1 Å². The molecule has 2 atom stereocenters. The molecule has 0 saturated carbocycles. The summed E-state index contributed by atoms with van der Waals surface area (Å²) in [6, 6.07) is 21.5. The zero-order valence-corrected chi connectivity index (χ0v) is 19.3. The highest BCUT2D eigenvalue weighted by Gasteiger charge is 2.42. The predicted octanol–water partition coefficient (Wildman–Crippen LogP) is 4.65. The van der Waals surface area contributed by atoms with Gasteiger partial charge in [-0.3, -0.25) is 19.3 Å². The molecular formula is C29H28N2O3. The number of nitrogens with zero attached hydrogens (tertiary/aromatic N) is 1. The molecule has 5 heteroatoms. The summed E-state index contributed by atoms with van der Waals surface area (Å²) in [6.45, 7) is 1.95. The molecule has 3 aromatic carbocycles. The summed E-state index contributed by atoms with van der Waals surface area (Å²) in [6.07, 6.45) is 4.84. The molecule has 0 saturated heterocycles. The lowest BCUT2D eigenvalue weighted by atomic mass is 9.89. The summed E-state index contributed by atoms with van der Waals surface area (Å²) < 4.78 is 0. The van der Waals surface area contributed by atoms with Gasteiger partial charge in [-0.2, -0.15) is 0 Å². The van der Waals surface area contributed by atoms with Crippen LogP contribution in [0.1, 0.15) is 68.8 Å². The van der Waals surface area contributed by atoms with Crippen molar-refractivity contribution in [3.05, 3.63) is 106 Å². The first kappa shape index (κ1) is 22.1. The van der Waals surface area contributed by atoms with Crippen molar-refractivity contribution >= 4 is 17.7 Å². The second kappa shape index (κ2) is 9.26. The first-order valence-corrected chi connectivity index (χ1v) is 12.0. The summed E-state index contributed by atoms with van der Waals surface area (Å²) in [5.41, 5.74) is 5.37. The Kier molecular flexibility index (Phi) is 6.01. The molecule has 1 aliphatic carbocycles. The van der Waals surface area contributed by atoms with Crippen LogP contribution in [-0.4, -0.2) is 28.7 Å². The summed E-state index contributed by atoms with van der Waals surface area (Å²) in [4.78, 5) is 41.1. The fourth-order valence-electron chi connectivity index (χ4n) is 5.05. The van der Waals surface area contributed by atoms with E-state index in [2.05, 4.69) is 23.5 Å². The Labute approximate surface area is 199 Å². The quantitative estimate of drug-likeness (QED) is 0.554. The Morgan fingerprint density at radius 2 is 1.47 bits per heavy atom. The number of rotatable bonds is 6. The third kappa shape index (κ3) is 4.14. The second-order valence-electron chi connectivity index (χ2n) is 9.20. The van der Waals surface area contributed by atoms with E-state index in [1.807, 2.05) is 37.3 Å². The van der Waals surface area contributed by atoms with Crippen molar-refractivity contribution in [3.8, 4) is 0 Å². The monoisotopic (exact) mass is 452 g/mol. The number of amides is 3. The zero-order valence-electron chi connectivity index (χ0n) is 19.3. The molecule has 5 rings (SSSR count). The number of carbonyl (C=O) groups excluding carboxylic acids is 3. The lowest BCUT2D eigenvalue weighted by Crippen LogP contribution is -2.51. The maximum atomic E-state index is 13.6. The lowest BCUT2D eigenvalue weighted by molar-refractivity contribution is -0.125. The van der Waals surface area contributed by atoms with Gasteiger partial charge in [-0.25, -0.2) is 0 Å². The molecule has 172 valence electrons. The SMILES string of the molecule is CC(NC(=O)C(Cc1ccccc1)N1C(=O)c2ccccc2C1=O)c1ccc2c(c1)CCCC2. The van der Waals surface area contributed by atoms with E-state index in [1.54, 1.807) is 24.3 Å². The Hall–Kier alpha value is -3.73. The number of nitrogens with one attached hydrogen (secondary N) is 1. The van der Waals surface area contributed by atoms with E-state index < -0.39 is 17.9 Å². The van der Waals surface area contributed by atoms with Gasteiger partial charge in [0.1, 0.15) is 6.04 Å². The molecule has 34 heavy (non-hydrogen) atoms. The molecule has 1 aliphatic heterocycles. The van der Waals surface area contributed by atoms with Crippen molar-refractivity contribution < 1.29 is 14.4 Å². The standard InChI is InChI=1S/C29H28N2O3/c1-19(22-16-15-21-11-5-6-12-23(21)18-22)30-27(32)26(17-20-9-3-2-4-10-20)31-28(33)24-13-7-8-14-25(24)29(31)34/h2-4,7-10,13-16,18-19,26H,5-6,11-12,17H2,1H3,(H,30,32). The van der Waals surface area contributed by atoms with E-state index in [0.29, 0.717) is 11.1 Å². The molecule has 0 radical (unpaired) electrons. The van der Waals surface area contributed by atoms with Gasteiger partial charge in [0.2, 0.25) is 5.91 Å². The van der Waals surface area contributed by atoms with Crippen LogP contribution in [0.15, 0.2) is 72.8 Å². The second-order valence-corrected chi connectivity index (χ2v) is 9.20. The van der Waals surface area contributed by atoms with Crippen LogP contribution in [0.25, 0.3) is 0 Å². The highest BCUT2D eigenvalue weighted by atomic mass is 16.2. The summed E-state index contributed by atoms with van der Waals surface area (Å²) in [5.74, 6) is -1.17. The van der Waals surface area contributed by atoms with Gasteiger partial charge in [0.15, 0.2) is 0 Å². The molecule has 1 heterocycles. The highest BCUT2D eigenvalue weighted by molar-refractivity contribution is 6.22. The van der Waals surface area contributed by atoms with Crippen molar-refractivity contribution in [3.63, 3.8) is 0 Å². The van der Waals surface area contributed by atoms with E-state index in [9.17, 15) is 14.4 Å². The zero-order chi connectivity index (χ0) is 23.7. The largest absolute Gasteiger partial charge is 0.348 e. The normalized spacial score (nSPS) is 16.6. The first-order valence-electron chi connectivity index (χ1n) is 12.0. The number of benzene rings is 3. The smallest absolute Gasteiger partial charge is 0.262 e. The highest BCUT2D eigenvalue weighted by Crippen LogP contribution is 2.28. The molecule has 5 nitrogen and oxygen atoms in total. The maximum absolute atomic E-state index is 13.6. The minimum Gasteiger partial charge on any atom is -0.348 e. The van der Waals surface area contributed by atoms with Gasteiger partial charge in [-0.05, 0) is 67.0 Å². The molecule has 2 aliphatic rings. The van der Waals surface area contributed by atoms with Crippen LogP contribution in [-0.2, 0) is 24.1 Å². The van der Waals surface area contributed by atoms with Crippen molar-refractivity contribution in [1.29, 1.82) is 0 Å². The molecule has 0 aromatic heterocycles. The topological polar surface area (TPSA) is 66.5 Å². The van der Waals surface area contributed by atoms with Crippen LogP contribution in [0, 0.1) is 0 Å². The van der Waals surface area contributed by atoms with Gasteiger partial charge < -0.3 is 5.32 Å². The molecular weight excluding hydrogens is 424 g/mol. The average Bonchev–Trinajstić information content (AvgIpc) is 3.12. The fourth-order valence-corrected chi connectivity index (χ4v) is 5.05.